The molecule has 80 valence electrons. The van der Waals surface area contributed by atoms with Crippen LogP contribution in [0.4, 0.5) is 0 Å². The van der Waals surface area contributed by atoms with Gasteiger partial charge < -0.3 is 0 Å². The first-order valence-corrected chi connectivity index (χ1v) is 5.50. The third-order valence-electron chi connectivity index (χ3n) is 2.36. The Morgan fingerprint density at radius 3 is 2.79 bits per heavy atom. The number of hydrazone groups is 1. The molecule has 0 aliphatic carbocycles. The Kier molecular flexibility index (Phi) is 4.11. The highest BCUT2D eigenvalue weighted by molar-refractivity contribution is 6.04. The van der Waals surface area contributed by atoms with Crippen molar-refractivity contribution in [2.45, 2.75) is 46.5 Å². The average Bonchev–Trinajstić information content (AvgIpc) is 2.44. The van der Waals surface area contributed by atoms with Crippen molar-refractivity contribution in [3.05, 3.63) is 0 Å². The maximum absolute atomic E-state index is 11.5. The van der Waals surface area contributed by atoms with Crippen LogP contribution in [0.3, 0.4) is 0 Å². The Bertz CT molecular complexity index is 233. The number of carbonyl (C=O) groups excluding carboxylic acids is 1. The van der Waals surface area contributed by atoms with Crippen molar-refractivity contribution >= 4 is 11.6 Å². The Morgan fingerprint density at radius 1 is 1.50 bits per heavy atom. The molecule has 0 aromatic heterocycles. The van der Waals surface area contributed by atoms with Gasteiger partial charge in [0.2, 0.25) is 5.91 Å². The first-order valence-electron chi connectivity index (χ1n) is 5.50. The van der Waals surface area contributed by atoms with Crippen LogP contribution in [0.15, 0.2) is 5.10 Å². The Labute approximate surface area is 86.2 Å². The maximum atomic E-state index is 11.5. The van der Waals surface area contributed by atoms with E-state index in [1.165, 1.54) is 0 Å². The molecule has 0 bridgehead atoms. The molecule has 14 heavy (non-hydrogen) atoms. The molecule has 1 heterocycles. The fourth-order valence-corrected chi connectivity index (χ4v) is 1.51. The number of amides is 1. The lowest BCUT2D eigenvalue weighted by Crippen LogP contribution is -2.22. The summed E-state index contributed by atoms with van der Waals surface area (Å²) in [5.74, 6) is 0.808. The van der Waals surface area contributed by atoms with E-state index in [9.17, 15) is 4.79 Å². The molecule has 0 N–H and O–H groups in total. The number of hydrogen-bond donors (Lipinski definition) is 0. The van der Waals surface area contributed by atoms with Crippen LogP contribution in [0.25, 0.3) is 0 Å². The molecule has 1 rings (SSSR count). The molecule has 0 aromatic carbocycles. The summed E-state index contributed by atoms with van der Waals surface area (Å²) in [6.07, 6.45) is 3.62. The maximum Gasteiger partial charge on any atom is 0.248 e. The minimum atomic E-state index is 0.175. The fraction of sp³-hybridized carbons (Fsp3) is 0.818. The van der Waals surface area contributed by atoms with Crippen LogP contribution in [0.1, 0.15) is 46.5 Å². The van der Waals surface area contributed by atoms with Crippen LogP contribution in [-0.2, 0) is 4.79 Å². The van der Waals surface area contributed by atoms with Gasteiger partial charge in [-0.3, -0.25) is 4.79 Å². The normalized spacial score (nSPS) is 16.7. The summed E-state index contributed by atoms with van der Waals surface area (Å²) in [7, 11) is 0. The molecular formula is C11H20N2O. The molecule has 1 aliphatic rings. The van der Waals surface area contributed by atoms with E-state index >= 15 is 0 Å². The van der Waals surface area contributed by atoms with Crippen molar-refractivity contribution in [1.29, 1.82) is 0 Å². The van der Waals surface area contributed by atoms with Gasteiger partial charge in [-0.15, -0.1) is 0 Å². The molecule has 0 fully saturated rings. The minimum absolute atomic E-state index is 0.175. The second kappa shape index (κ2) is 5.13. The number of nitrogens with zero attached hydrogens (tertiary/aromatic N) is 2. The topological polar surface area (TPSA) is 32.7 Å². The molecule has 1 amide bonds. The lowest BCUT2D eigenvalue weighted by Gasteiger charge is -2.12. The summed E-state index contributed by atoms with van der Waals surface area (Å²) in [5.41, 5.74) is 1.06. The van der Waals surface area contributed by atoms with Crippen molar-refractivity contribution in [1.82, 2.24) is 5.01 Å². The van der Waals surface area contributed by atoms with E-state index in [2.05, 4.69) is 25.9 Å². The number of hydrogen-bond acceptors (Lipinski definition) is 2. The molecule has 0 spiro atoms. The van der Waals surface area contributed by atoms with Gasteiger partial charge in [0.15, 0.2) is 0 Å². The Balaban J connectivity index is 2.41. The molecule has 0 unspecified atom stereocenters. The highest BCUT2D eigenvalue weighted by Gasteiger charge is 2.22. The first kappa shape index (κ1) is 11.2. The van der Waals surface area contributed by atoms with Crippen LogP contribution in [0.5, 0.6) is 0 Å². The quantitative estimate of drug-likeness (QED) is 0.664. The van der Waals surface area contributed by atoms with Crippen molar-refractivity contribution in [3.8, 4) is 0 Å². The van der Waals surface area contributed by atoms with Gasteiger partial charge >= 0.3 is 0 Å². The van der Waals surface area contributed by atoms with Gasteiger partial charge in [0.1, 0.15) is 0 Å². The van der Waals surface area contributed by atoms with Gasteiger partial charge in [0.05, 0.1) is 6.42 Å². The Morgan fingerprint density at radius 2 is 2.21 bits per heavy atom. The SMILES string of the molecule is CCCC1=NN(CCC(C)C)C(=O)C1. The van der Waals surface area contributed by atoms with Crippen LogP contribution in [-0.4, -0.2) is 23.2 Å². The van der Waals surface area contributed by atoms with E-state index in [-0.39, 0.29) is 5.91 Å². The second-order valence-electron chi connectivity index (χ2n) is 4.29. The highest BCUT2D eigenvalue weighted by atomic mass is 16.2. The third kappa shape index (κ3) is 3.13. The lowest BCUT2D eigenvalue weighted by molar-refractivity contribution is -0.128. The zero-order valence-electron chi connectivity index (χ0n) is 9.42. The molecule has 3 heteroatoms. The second-order valence-corrected chi connectivity index (χ2v) is 4.29. The monoisotopic (exact) mass is 196 g/mol. The van der Waals surface area contributed by atoms with Crippen LogP contribution in [0.2, 0.25) is 0 Å². The lowest BCUT2D eigenvalue weighted by atomic mass is 10.1. The summed E-state index contributed by atoms with van der Waals surface area (Å²) in [6, 6.07) is 0. The average molecular weight is 196 g/mol. The predicted octanol–water partition coefficient (Wildman–Crippen LogP) is 2.42. The number of rotatable bonds is 5. The molecule has 0 atom stereocenters. The largest absolute Gasteiger partial charge is 0.273 e. The van der Waals surface area contributed by atoms with Crippen molar-refractivity contribution in [3.63, 3.8) is 0 Å². The summed E-state index contributed by atoms with van der Waals surface area (Å²) >= 11 is 0. The van der Waals surface area contributed by atoms with E-state index in [1.54, 1.807) is 5.01 Å². The first-order chi connectivity index (χ1) is 6.63. The molecule has 3 nitrogen and oxygen atoms in total. The molecule has 1 aliphatic heterocycles. The van der Waals surface area contributed by atoms with E-state index in [0.717, 1.165) is 31.5 Å². The van der Waals surface area contributed by atoms with E-state index in [1.807, 2.05) is 0 Å². The Hall–Kier alpha value is -0.860. The van der Waals surface area contributed by atoms with Gasteiger partial charge in [-0.05, 0) is 18.8 Å². The van der Waals surface area contributed by atoms with Gasteiger partial charge in [-0.2, -0.15) is 5.10 Å². The smallest absolute Gasteiger partial charge is 0.248 e. The molecular weight excluding hydrogens is 176 g/mol. The third-order valence-corrected chi connectivity index (χ3v) is 2.36. The van der Waals surface area contributed by atoms with E-state index in [4.69, 9.17) is 0 Å². The highest BCUT2D eigenvalue weighted by Crippen LogP contribution is 2.13. The summed E-state index contributed by atoms with van der Waals surface area (Å²) in [5, 5.41) is 5.98. The van der Waals surface area contributed by atoms with Gasteiger partial charge in [0, 0.05) is 12.3 Å². The van der Waals surface area contributed by atoms with Crippen molar-refractivity contribution < 1.29 is 4.79 Å². The molecule has 0 radical (unpaired) electrons. The fourth-order valence-electron chi connectivity index (χ4n) is 1.51. The summed E-state index contributed by atoms with van der Waals surface area (Å²) < 4.78 is 0. The van der Waals surface area contributed by atoms with E-state index in [0.29, 0.717) is 12.3 Å². The van der Waals surface area contributed by atoms with Crippen molar-refractivity contribution in [2.24, 2.45) is 11.0 Å². The van der Waals surface area contributed by atoms with Gasteiger partial charge in [0.25, 0.3) is 0 Å². The van der Waals surface area contributed by atoms with Gasteiger partial charge in [-0.25, -0.2) is 5.01 Å². The minimum Gasteiger partial charge on any atom is -0.273 e. The zero-order chi connectivity index (χ0) is 10.6. The summed E-state index contributed by atoms with van der Waals surface area (Å²) in [4.78, 5) is 11.5. The molecule has 0 saturated heterocycles. The standard InChI is InChI=1S/C11H20N2O/c1-4-5-10-8-11(14)13(12-10)7-6-9(2)3/h9H,4-8H2,1-3H3. The van der Waals surface area contributed by atoms with E-state index < -0.39 is 0 Å². The molecule has 0 aromatic rings. The zero-order valence-corrected chi connectivity index (χ0v) is 9.42. The van der Waals surface area contributed by atoms with Crippen LogP contribution in [0, 0.1) is 5.92 Å². The molecule has 0 saturated carbocycles. The van der Waals surface area contributed by atoms with Crippen molar-refractivity contribution in [2.75, 3.05) is 6.54 Å². The predicted molar refractivity (Wildman–Crippen MR) is 58.1 cm³/mol. The van der Waals surface area contributed by atoms with Crippen LogP contribution >= 0.6 is 0 Å². The van der Waals surface area contributed by atoms with Crippen LogP contribution < -0.4 is 0 Å². The number of carbonyl (C=O) groups is 1. The van der Waals surface area contributed by atoms with Gasteiger partial charge in [-0.1, -0.05) is 27.2 Å². The summed E-state index contributed by atoms with van der Waals surface area (Å²) in [6.45, 7) is 7.22.